The second-order valence-electron chi connectivity index (χ2n) is 4.23. The van der Waals surface area contributed by atoms with Crippen molar-refractivity contribution >= 4 is 0 Å². The molecule has 1 rings (SSSR count). The fraction of sp³-hybridized carbons (Fsp3) is 0.667. The summed E-state index contributed by atoms with van der Waals surface area (Å²) < 4.78 is 0. The van der Waals surface area contributed by atoms with Crippen LogP contribution in [0.2, 0.25) is 0 Å². The Morgan fingerprint density at radius 1 is 1.25 bits per heavy atom. The highest BCUT2D eigenvalue weighted by molar-refractivity contribution is 5.42. The molecule has 0 heteroatoms. The lowest BCUT2D eigenvalue weighted by molar-refractivity contribution is 0.567. The second-order valence-corrected chi connectivity index (χ2v) is 4.23. The molecule has 0 aromatic heterocycles. The minimum Gasteiger partial charge on any atom is -0.0651 e. The quantitative estimate of drug-likeness (QED) is 0.579. The van der Waals surface area contributed by atoms with Crippen LogP contribution in [0.1, 0.15) is 47.5 Å². The van der Waals surface area contributed by atoms with E-state index in [2.05, 4.69) is 40.7 Å². The van der Waals surface area contributed by atoms with Gasteiger partial charge in [-0.15, -0.1) is 0 Å². The standard InChI is InChI=1S/C12H19/c1-6-7-11-8-12(4,5)10(3)9(11)2/h6-7H2,1-5H3. The molecule has 0 unspecified atom stereocenters. The SMILES string of the molecule is CCCC1=[C]C(C)(C)C(C)=C1C. The van der Waals surface area contributed by atoms with Crippen LogP contribution in [-0.2, 0) is 0 Å². The Labute approximate surface area is 76.4 Å². The number of allylic oxidation sites excluding steroid dienone is 4. The van der Waals surface area contributed by atoms with E-state index in [1.54, 1.807) is 0 Å². The molecule has 0 aromatic carbocycles. The van der Waals surface area contributed by atoms with Gasteiger partial charge < -0.3 is 0 Å². The molecule has 12 heavy (non-hydrogen) atoms. The van der Waals surface area contributed by atoms with Gasteiger partial charge in [-0.3, -0.25) is 0 Å². The molecule has 1 aliphatic rings. The minimum absolute atomic E-state index is 0.189. The van der Waals surface area contributed by atoms with Gasteiger partial charge in [0.2, 0.25) is 0 Å². The molecule has 0 bridgehead atoms. The van der Waals surface area contributed by atoms with Crippen LogP contribution >= 0.6 is 0 Å². The lowest BCUT2D eigenvalue weighted by atomic mass is 9.88. The van der Waals surface area contributed by atoms with Gasteiger partial charge in [-0.1, -0.05) is 32.8 Å². The number of hydrogen-bond acceptors (Lipinski definition) is 0. The summed E-state index contributed by atoms with van der Waals surface area (Å²) in [5, 5.41) is 0. The third kappa shape index (κ3) is 1.48. The lowest BCUT2D eigenvalue weighted by Crippen LogP contribution is -2.06. The van der Waals surface area contributed by atoms with Crippen LogP contribution in [0, 0.1) is 11.5 Å². The normalized spacial score (nSPS) is 21.6. The third-order valence-electron chi connectivity index (χ3n) is 2.92. The Kier molecular flexibility index (Phi) is 2.46. The van der Waals surface area contributed by atoms with Crippen molar-refractivity contribution in [2.45, 2.75) is 47.5 Å². The zero-order chi connectivity index (χ0) is 9.35. The summed E-state index contributed by atoms with van der Waals surface area (Å²) in [4.78, 5) is 0. The van der Waals surface area contributed by atoms with Gasteiger partial charge in [0.1, 0.15) is 0 Å². The van der Waals surface area contributed by atoms with Crippen molar-refractivity contribution in [2.24, 2.45) is 5.41 Å². The molecule has 0 N–H and O–H groups in total. The number of rotatable bonds is 2. The van der Waals surface area contributed by atoms with E-state index in [1.807, 2.05) is 0 Å². The largest absolute Gasteiger partial charge is 0.0651 e. The highest BCUT2D eigenvalue weighted by Gasteiger charge is 2.27. The molecular weight excluding hydrogens is 144 g/mol. The Morgan fingerprint density at radius 3 is 2.17 bits per heavy atom. The molecule has 0 amide bonds. The fourth-order valence-corrected chi connectivity index (χ4v) is 1.76. The van der Waals surface area contributed by atoms with Crippen LogP contribution in [-0.4, -0.2) is 0 Å². The van der Waals surface area contributed by atoms with Crippen LogP contribution in [0.25, 0.3) is 0 Å². The minimum atomic E-state index is 0.189. The Bertz CT molecular complexity index is 239. The maximum Gasteiger partial charge on any atom is 0.0114 e. The third-order valence-corrected chi connectivity index (χ3v) is 2.92. The fourth-order valence-electron chi connectivity index (χ4n) is 1.76. The Morgan fingerprint density at radius 2 is 1.83 bits per heavy atom. The summed E-state index contributed by atoms with van der Waals surface area (Å²) >= 11 is 0. The highest BCUT2D eigenvalue weighted by Crippen LogP contribution is 2.40. The van der Waals surface area contributed by atoms with Crippen molar-refractivity contribution in [3.05, 3.63) is 22.8 Å². The van der Waals surface area contributed by atoms with E-state index in [0.29, 0.717) is 0 Å². The van der Waals surface area contributed by atoms with Crippen molar-refractivity contribution in [3.8, 4) is 0 Å². The van der Waals surface area contributed by atoms with Crippen LogP contribution in [0.15, 0.2) is 16.7 Å². The lowest BCUT2D eigenvalue weighted by Gasteiger charge is -2.16. The van der Waals surface area contributed by atoms with Crippen molar-refractivity contribution < 1.29 is 0 Å². The molecule has 0 aliphatic heterocycles. The summed E-state index contributed by atoms with van der Waals surface area (Å²) in [5.41, 5.74) is 4.60. The molecule has 67 valence electrons. The van der Waals surface area contributed by atoms with E-state index in [0.717, 1.165) is 0 Å². The van der Waals surface area contributed by atoms with Crippen LogP contribution in [0.5, 0.6) is 0 Å². The molecule has 1 aliphatic carbocycles. The summed E-state index contributed by atoms with van der Waals surface area (Å²) in [6, 6.07) is 0. The highest BCUT2D eigenvalue weighted by atomic mass is 14.3. The molecule has 0 fully saturated rings. The van der Waals surface area contributed by atoms with Crippen molar-refractivity contribution in [3.63, 3.8) is 0 Å². The zero-order valence-electron chi connectivity index (χ0n) is 8.91. The summed E-state index contributed by atoms with van der Waals surface area (Å²) in [6.45, 7) is 11.2. The van der Waals surface area contributed by atoms with Gasteiger partial charge in [-0.25, -0.2) is 0 Å². The maximum atomic E-state index is 3.57. The predicted molar refractivity (Wildman–Crippen MR) is 53.8 cm³/mol. The maximum absolute atomic E-state index is 3.57. The zero-order valence-corrected chi connectivity index (χ0v) is 8.91. The van der Waals surface area contributed by atoms with E-state index in [-0.39, 0.29) is 5.41 Å². The average Bonchev–Trinajstić information content (AvgIpc) is 2.16. The van der Waals surface area contributed by atoms with Gasteiger partial charge in [-0.05, 0) is 37.5 Å². The first kappa shape index (κ1) is 9.57. The first-order chi connectivity index (χ1) is 5.49. The van der Waals surface area contributed by atoms with Crippen molar-refractivity contribution in [2.75, 3.05) is 0 Å². The molecule has 0 nitrogen and oxygen atoms in total. The van der Waals surface area contributed by atoms with Gasteiger partial charge in [-0.2, -0.15) is 0 Å². The monoisotopic (exact) mass is 163 g/mol. The van der Waals surface area contributed by atoms with E-state index in [9.17, 15) is 0 Å². The first-order valence-corrected chi connectivity index (χ1v) is 4.81. The molecule has 0 saturated heterocycles. The molecule has 0 spiro atoms. The van der Waals surface area contributed by atoms with Crippen LogP contribution in [0.3, 0.4) is 0 Å². The van der Waals surface area contributed by atoms with E-state index >= 15 is 0 Å². The van der Waals surface area contributed by atoms with Crippen molar-refractivity contribution in [1.29, 1.82) is 0 Å². The topological polar surface area (TPSA) is 0 Å². The van der Waals surface area contributed by atoms with Crippen LogP contribution in [0.4, 0.5) is 0 Å². The smallest absolute Gasteiger partial charge is 0.0114 e. The number of hydrogen-bond donors (Lipinski definition) is 0. The van der Waals surface area contributed by atoms with Crippen LogP contribution < -0.4 is 0 Å². The first-order valence-electron chi connectivity index (χ1n) is 4.81. The average molecular weight is 163 g/mol. The van der Waals surface area contributed by atoms with Gasteiger partial charge in [0.15, 0.2) is 0 Å². The summed E-state index contributed by atoms with van der Waals surface area (Å²) in [7, 11) is 0. The van der Waals surface area contributed by atoms with E-state index in [4.69, 9.17) is 0 Å². The van der Waals surface area contributed by atoms with Gasteiger partial charge in [0, 0.05) is 5.41 Å². The van der Waals surface area contributed by atoms with E-state index < -0.39 is 0 Å². The van der Waals surface area contributed by atoms with Gasteiger partial charge in [0.05, 0.1) is 0 Å². The Balaban J connectivity index is 2.94. The molecule has 0 atom stereocenters. The second kappa shape index (κ2) is 3.08. The molecule has 0 aromatic rings. The Hall–Kier alpha value is -0.520. The van der Waals surface area contributed by atoms with E-state index in [1.165, 1.54) is 29.6 Å². The van der Waals surface area contributed by atoms with Gasteiger partial charge in [0.25, 0.3) is 0 Å². The molecule has 0 heterocycles. The molecule has 1 radical (unpaired) electrons. The van der Waals surface area contributed by atoms with Gasteiger partial charge >= 0.3 is 0 Å². The molecule has 0 saturated carbocycles. The summed E-state index contributed by atoms with van der Waals surface area (Å²) in [5.74, 6) is 0. The predicted octanol–water partition coefficient (Wildman–Crippen LogP) is 3.89. The molecular formula is C12H19. The van der Waals surface area contributed by atoms with Crippen molar-refractivity contribution in [1.82, 2.24) is 0 Å². The summed E-state index contributed by atoms with van der Waals surface area (Å²) in [6.07, 6.45) is 5.99.